The molecule has 0 radical (unpaired) electrons. The van der Waals surface area contributed by atoms with Crippen LogP contribution in [0.2, 0.25) is 0 Å². The maximum atomic E-state index is 13.2. The van der Waals surface area contributed by atoms with Gasteiger partial charge in [-0.2, -0.15) is 0 Å². The number of carbonyl (C=O) groups is 1. The second-order valence-corrected chi connectivity index (χ2v) is 9.81. The smallest absolute Gasteiger partial charge is 0.337 e. The molecule has 152 valence electrons. The number of benzene rings is 1. The van der Waals surface area contributed by atoms with Crippen molar-refractivity contribution in [3.63, 3.8) is 0 Å². The van der Waals surface area contributed by atoms with Crippen LogP contribution >= 0.6 is 11.3 Å². The van der Waals surface area contributed by atoms with Crippen molar-refractivity contribution in [3.8, 4) is 0 Å². The highest BCUT2D eigenvalue weighted by molar-refractivity contribution is 7.18. The van der Waals surface area contributed by atoms with E-state index in [-0.39, 0.29) is 16.9 Å². The monoisotopic (exact) mass is 411 g/mol. The van der Waals surface area contributed by atoms with Crippen LogP contribution in [0, 0.1) is 11.3 Å². The number of rotatable bonds is 3. The fourth-order valence-corrected chi connectivity index (χ4v) is 5.24. The van der Waals surface area contributed by atoms with Crippen molar-refractivity contribution in [1.82, 2.24) is 15.0 Å². The van der Waals surface area contributed by atoms with Crippen LogP contribution in [-0.4, -0.2) is 28.1 Å². The Labute approximate surface area is 173 Å². The van der Waals surface area contributed by atoms with E-state index in [1.54, 1.807) is 23.5 Å². The predicted octanol–water partition coefficient (Wildman–Crippen LogP) is 3.84. The summed E-state index contributed by atoms with van der Waals surface area (Å²) >= 11 is 1.62. The molecule has 29 heavy (non-hydrogen) atoms. The molecule has 0 fully saturated rings. The minimum absolute atomic E-state index is 0.0845. The molecule has 2 heterocycles. The zero-order chi connectivity index (χ0) is 20.8. The number of aryl methyl sites for hydroxylation is 1. The van der Waals surface area contributed by atoms with Gasteiger partial charge < -0.3 is 4.74 Å². The highest BCUT2D eigenvalue weighted by Gasteiger charge is 2.31. The SMILES string of the molecule is COC(=O)c1ccc(Cn2nnc3sc4c(c3c2=O)CC[C@@H](C(C)(C)C)C4)cc1. The number of hydrogen-bond donors (Lipinski definition) is 0. The molecule has 0 spiro atoms. The molecule has 2 aromatic heterocycles. The summed E-state index contributed by atoms with van der Waals surface area (Å²) in [4.78, 5) is 26.8. The van der Waals surface area contributed by atoms with Crippen LogP contribution in [0.5, 0.6) is 0 Å². The standard InChI is InChI=1S/C22H25N3O3S/c1-22(2,3)15-9-10-16-17(11-15)29-19-18(16)20(26)25(24-23-19)12-13-5-7-14(8-6-13)21(27)28-4/h5-8,15H,9-12H2,1-4H3/t15-/m1/s1. The van der Waals surface area contributed by atoms with Crippen molar-refractivity contribution in [3.05, 3.63) is 56.2 Å². The first-order valence-electron chi connectivity index (χ1n) is 9.83. The molecule has 0 aliphatic heterocycles. The number of nitrogens with zero attached hydrogens (tertiary/aromatic N) is 3. The molecule has 1 aliphatic rings. The lowest BCUT2D eigenvalue weighted by atomic mass is 9.72. The summed E-state index contributed by atoms with van der Waals surface area (Å²) in [7, 11) is 1.35. The predicted molar refractivity (Wildman–Crippen MR) is 114 cm³/mol. The first-order chi connectivity index (χ1) is 13.8. The molecule has 3 aromatic rings. The van der Waals surface area contributed by atoms with Gasteiger partial charge in [0.25, 0.3) is 5.56 Å². The average Bonchev–Trinajstić information content (AvgIpc) is 3.08. The number of esters is 1. The van der Waals surface area contributed by atoms with Crippen LogP contribution in [-0.2, 0) is 24.1 Å². The van der Waals surface area contributed by atoms with Gasteiger partial charge in [-0.05, 0) is 53.9 Å². The van der Waals surface area contributed by atoms with Crippen molar-refractivity contribution >= 4 is 27.5 Å². The van der Waals surface area contributed by atoms with E-state index in [4.69, 9.17) is 4.74 Å². The van der Waals surface area contributed by atoms with Crippen LogP contribution in [0.15, 0.2) is 29.1 Å². The molecule has 0 saturated carbocycles. The molecule has 1 aromatic carbocycles. The van der Waals surface area contributed by atoms with E-state index in [9.17, 15) is 9.59 Å². The second kappa shape index (κ2) is 7.37. The van der Waals surface area contributed by atoms with Gasteiger partial charge in [0.05, 0.1) is 24.6 Å². The zero-order valence-electron chi connectivity index (χ0n) is 17.2. The molecule has 7 heteroatoms. The fraction of sp³-hybridized carbons (Fsp3) is 0.455. The molecular formula is C22H25N3O3S. The molecule has 6 nitrogen and oxygen atoms in total. The van der Waals surface area contributed by atoms with Gasteiger partial charge in [-0.25, -0.2) is 9.48 Å². The lowest BCUT2D eigenvalue weighted by Crippen LogP contribution is -2.28. The Morgan fingerprint density at radius 2 is 2.00 bits per heavy atom. The molecule has 0 bridgehead atoms. The summed E-state index contributed by atoms with van der Waals surface area (Å²) in [5, 5.41) is 9.24. The van der Waals surface area contributed by atoms with Crippen molar-refractivity contribution in [2.45, 2.75) is 46.6 Å². The third kappa shape index (κ3) is 3.71. The van der Waals surface area contributed by atoms with Crippen LogP contribution in [0.1, 0.15) is 53.6 Å². The topological polar surface area (TPSA) is 74.1 Å². The Morgan fingerprint density at radius 3 is 2.66 bits per heavy atom. The number of thiophene rings is 1. The fourth-order valence-electron chi connectivity index (χ4n) is 4.01. The van der Waals surface area contributed by atoms with Crippen molar-refractivity contribution in [2.24, 2.45) is 11.3 Å². The molecule has 1 atom stereocenters. The van der Waals surface area contributed by atoms with E-state index in [0.717, 1.165) is 35.0 Å². The molecule has 0 saturated heterocycles. The van der Waals surface area contributed by atoms with Gasteiger partial charge in [-0.1, -0.05) is 38.1 Å². The van der Waals surface area contributed by atoms with Crippen molar-refractivity contribution in [2.75, 3.05) is 7.11 Å². The Kier molecular flexibility index (Phi) is 5.02. The van der Waals surface area contributed by atoms with Crippen LogP contribution in [0.25, 0.3) is 10.2 Å². The second-order valence-electron chi connectivity index (χ2n) is 8.73. The first-order valence-corrected chi connectivity index (χ1v) is 10.6. The Bertz CT molecular complexity index is 1120. The van der Waals surface area contributed by atoms with E-state index < -0.39 is 0 Å². The number of aromatic nitrogens is 3. The van der Waals surface area contributed by atoms with E-state index in [2.05, 4.69) is 31.1 Å². The maximum absolute atomic E-state index is 13.2. The number of methoxy groups -OCH3 is 1. The molecular weight excluding hydrogens is 386 g/mol. The van der Waals surface area contributed by atoms with Gasteiger partial charge in [0.15, 0.2) is 4.83 Å². The zero-order valence-corrected chi connectivity index (χ0v) is 18.0. The summed E-state index contributed by atoms with van der Waals surface area (Å²) in [5.74, 6) is 0.236. The average molecular weight is 412 g/mol. The summed E-state index contributed by atoms with van der Waals surface area (Å²) < 4.78 is 6.13. The number of fused-ring (bicyclic) bond motifs is 3. The molecule has 4 rings (SSSR count). The quantitative estimate of drug-likeness (QED) is 0.612. The summed E-state index contributed by atoms with van der Waals surface area (Å²) in [6.45, 7) is 7.18. The lowest BCUT2D eigenvalue weighted by molar-refractivity contribution is 0.0600. The Balaban J connectivity index is 1.65. The van der Waals surface area contributed by atoms with Gasteiger partial charge in [0, 0.05) is 4.88 Å². The Hall–Kier alpha value is -2.54. The molecule has 0 amide bonds. The summed E-state index contributed by atoms with van der Waals surface area (Å²) in [5.41, 5.74) is 2.70. The Morgan fingerprint density at radius 1 is 1.28 bits per heavy atom. The maximum Gasteiger partial charge on any atom is 0.337 e. The third-order valence-corrected chi connectivity index (χ3v) is 7.01. The van der Waals surface area contributed by atoms with E-state index in [1.165, 1.54) is 22.2 Å². The van der Waals surface area contributed by atoms with E-state index in [1.807, 2.05) is 12.1 Å². The van der Waals surface area contributed by atoms with Gasteiger partial charge in [0.1, 0.15) is 0 Å². The van der Waals surface area contributed by atoms with Crippen LogP contribution in [0.3, 0.4) is 0 Å². The van der Waals surface area contributed by atoms with E-state index in [0.29, 0.717) is 18.0 Å². The van der Waals surface area contributed by atoms with Gasteiger partial charge >= 0.3 is 5.97 Å². The minimum atomic E-state index is -0.381. The van der Waals surface area contributed by atoms with Gasteiger partial charge in [-0.3, -0.25) is 4.79 Å². The van der Waals surface area contributed by atoms with Crippen molar-refractivity contribution in [1.29, 1.82) is 0 Å². The third-order valence-electron chi connectivity index (χ3n) is 5.87. The number of carbonyl (C=O) groups excluding carboxylic acids is 1. The molecule has 0 N–H and O–H groups in total. The highest BCUT2D eigenvalue weighted by Crippen LogP contribution is 2.41. The lowest BCUT2D eigenvalue weighted by Gasteiger charge is -2.33. The summed E-state index contributed by atoms with van der Waals surface area (Å²) in [6.07, 6.45) is 3.03. The van der Waals surface area contributed by atoms with Gasteiger partial charge in [0.2, 0.25) is 0 Å². The highest BCUT2D eigenvalue weighted by atomic mass is 32.1. The largest absolute Gasteiger partial charge is 0.465 e. The summed E-state index contributed by atoms with van der Waals surface area (Å²) in [6, 6.07) is 7.00. The molecule has 0 unspecified atom stereocenters. The van der Waals surface area contributed by atoms with Gasteiger partial charge in [-0.15, -0.1) is 16.4 Å². The molecule has 1 aliphatic carbocycles. The van der Waals surface area contributed by atoms with Crippen molar-refractivity contribution < 1.29 is 9.53 Å². The first kappa shape index (κ1) is 19.8. The normalized spacial score (nSPS) is 16.6. The van der Waals surface area contributed by atoms with Crippen LogP contribution in [0.4, 0.5) is 0 Å². The number of hydrogen-bond acceptors (Lipinski definition) is 6. The number of ether oxygens (including phenoxy) is 1. The minimum Gasteiger partial charge on any atom is -0.465 e. The van der Waals surface area contributed by atoms with E-state index >= 15 is 0 Å². The van der Waals surface area contributed by atoms with Crippen LogP contribution < -0.4 is 5.56 Å².